The molecule has 0 radical (unpaired) electrons. The number of anilines is 1. The molecule has 162 valence electrons. The van der Waals surface area contributed by atoms with Crippen LogP contribution in [0.4, 0.5) is 5.69 Å². The zero-order valence-electron chi connectivity index (χ0n) is 18.6. The lowest BCUT2D eigenvalue weighted by molar-refractivity contribution is -0.116. The van der Waals surface area contributed by atoms with Crippen molar-refractivity contribution in [1.29, 1.82) is 0 Å². The van der Waals surface area contributed by atoms with Crippen molar-refractivity contribution in [2.45, 2.75) is 46.5 Å². The third-order valence-corrected chi connectivity index (χ3v) is 5.80. The van der Waals surface area contributed by atoms with Gasteiger partial charge in [0.1, 0.15) is 5.52 Å². The number of carbonyl (C=O) groups excluding carboxylic acids is 1. The number of aromatic nitrogens is 4. The van der Waals surface area contributed by atoms with Gasteiger partial charge in [-0.1, -0.05) is 26.0 Å². The number of fused-ring (bicyclic) bond motifs is 4. The summed E-state index contributed by atoms with van der Waals surface area (Å²) >= 11 is 0. The van der Waals surface area contributed by atoms with Crippen LogP contribution in [0.5, 0.6) is 0 Å². The van der Waals surface area contributed by atoms with Gasteiger partial charge in [0.2, 0.25) is 5.91 Å². The highest BCUT2D eigenvalue weighted by Crippen LogP contribution is 2.25. The summed E-state index contributed by atoms with van der Waals surface area (Å²) in [5, 5.41) is 8.70. The van der Waals surface area contributed by atoms with Crippen molar-refractivity contribution in [3.8, 4) is 0 Å². The standard InChI is InChI=1S/C25H25N5O2/c1-14(2)25-28-21-13-17(9-11-22(21)32-25)27-23(31)12-10-18-15(3)26-24-19-7-5-6-8-20(19)29-30(24)16(18)4/h5-9,11,13-14H,10,12H2,1-4H3,(H,27,31). The molecule has 0 fully saturated rings. The van der Waals surface area contributed by atoms with Crippen molar-refractivity contribution < 1.29 is 9.21 Å². The van der Waals surface area contributed by atoms with E-state index in [1.807, 2.05) is 74.7 Å². The van der Waals surface area contributed by atoms with Crippen molar-refractivity contribution in [3.63, 3.8) is 0 Å². The number of benzene rings is 2. The van der Waals surface area contributed by atoms with Gasteiger partial charge < -0.3 is 9.73 Å². The topological polar surface area (TPSA) is 85.3 Å². The van der Waals surface area contributed by atoms with Crippen LogP contribution in [0.1, 0.15) is 49.0 Å². The Balaban J connectivity index is 1.34. The number of rotatable bonds is 5. The number of amides is 1. The first kappa shape index (κ1) is 20.2. The van der Waals surface area contributed by atoms with Crippen LogP contribution in [0.15, 0.2) is 46.9 Å². The van der Waals surface area contributed by atoms with E-state index in [1.165, 1.54) is 0 Å². The number of hydrogen-bond acceptors (Lipinski definition) is 5. The highest BCUT2D eigenvalue weighted by molar-refractivity contribution is 5.93. The zero-order chi connectivity index (χ0) is 22.4. The normalized spacial score (nSPS) is 11.8. The maximum atomic E-state index is 12.7. The van der Waals surface area contributed by atoms with Gasteiger partial charge in [-0.2, -0.15) is 5.10 Å². The van der Waals surface area contributed by atoms with Gasteiger partial charge in [0, 0.05) is 34.8 Å². The molecule has 0 aliphatic carbocycles. The van der Waals surface area contributed by atoms with Crippen molar-refractivity contribution >= 4 is 39.2 Å². The minimum absolute atomic E-state index is 0.0542. The monoisotopic (exact) mass is 427 g/mol. The third kappa shape index (κ3) is 3.49. The summed E-state index contributed by atoms with van der Waals surface area (Å²) in [4.78, 5) is 22.0. The first-order valence-corrected chi connectivity index (χ1v) is 10.8. The molecule has 32 heavy (non-hydrogen) atoms. The van der Waals surface area contributed by atoms with Gasteiger partial charge >= 0.3 is 0 Å². The van der Waals surface area contributed by atoms with E-state index >= 15 is 0 Å². The summed E-state index contributed by atoms with van der Waals surface area (Å²) < 4.78 is 7.62. The van der Waals surface area contributed by atoms with Gasteiger partial charge in [-0.3, -0.25) is 4.79 Å². The fourth-order valence-electron chi connectivity index (χ4n) is 4.07. The molecule has 0 bridgehead atoms. The van der Waals surface area contributed by atoms with Crippen LogP contribution < -0.4 is 5.32 Å². The Labute approximate surface area is 185 Å². The Morgan fingerprint density at radius 1 is 1.09 bits per heavy atom. The first-order chi connectivity index (χ1) is 15.4. The van der Waals surface area contributed by atoms with Crippen LogP contribution in [0.25, 0.3) is 27.6 Å². The molecule has 0 atom stereocenters. The van der Waals surface area contributed by atoms with E-state index in [0.717, 1.165) is 44.6 Å². The molecule has 5 aromatic rings. The number of hydrogen-bond donors (Lipinski definition) is 1. The smallest absolute Gasteiger partial charge is 0.224 e. The fraction of sp³-hybridized carbons (Fsp3) is 0.280. The number of nitrogens with one attached hydrogen (secondary N) is 1. The molecular weight excluding hydrogens is 402 g/mol. The molecule has 0 unspecified atom stereocenters. The third-order valence-electron chi connectivity index (χ3n) is 5.80. The van der Waals surface area contributed by atoms with Crippen molar-refractivity contribution in [2.75, 3.05) is 5.32 Å². The van der Waals surface area contributed by atoms with E-state index < -0.39 is 0 Å². The Kier molecular flexibility index (Phi) is 4.89. The molecule has 0 saturated heterocycles. The average Bonchev–Trinajstić information content (AvgIpc) is 3.35. The maximum Gasteiger partial charge on any atom is 0.224 e. The number of carbonyl (C=O) groups is 1. The van der Waals surface area contributed by atoms with E-state index in [1.54, 1.807) is 0 Å². The molecule has 0 aliphatic rings. The van der Waals surface area contributed by atoms with E-state index in [4.69, 9.17) is 14.5 Å². The van der Waals surface area contributed by atoms with Crippen LogP contribution in [0.2, 0.25) is 0 Å². The van der Waals surface area contributed by atoms with Crippen LogP contribution in [-0.4, -0.2) is 25.5 Å². The zero-order valence-corrected chi connectivity index (χ0v) is 18.6. The Bertz CT molecular complexity index is 1480. The maximum absolute atomic E-state index is 12.7. The summed E-state index contributed by atoms with van der Waals surface area (Å²) in [5.74, 6) is 0.857. The Hall–Kier alpha value is -3.74. The second-order valence-electron chi connectivity index (χ2n) is 8.45. The molecule has 3 aromatic heterocycles. The van der Waals surface area contributed by atoms with Crippen LogP contribution in [-0.2, 0) is 11.2 Å². The summed E-state index contributed by atoms with van der Waals surface area (Å²) in [5.41, 5.74) is 6.95. The molecular formula is C25H25N5O2. The van der Waals surface area contributed by atoms with Crippen molar-refractivity contribution in [3.05, 3.63) is 65.3 Å². The minimum atomic E-state index is -0.0542. The van der Waals surface area contributed by atoms with Gasteiger partial charge in [0.15, 0.2) is 17.1 Å². The van der Waals surface area contributed by atoms with E-state index in [9.17, 15) is 4.79 Å². The molecule has 0 aliphatic heterocycles. The molecule has 7 heteroatoms. The average molecular weight is 428 g/mol. The van der Waals surface area contributed by atoms with E-state index in [2.05, 4.69) is 10.3 Å². The lowest BCUT2D eigenvalue weighted by Crippen LogP contribution is -2.14. The predicted octanol–water partition coefficient (Wildman–Crippen LogP) is 5.34. The van der Waals surface area contributed by atoms with Gasteiger partial charge in [-0.05, 0) is 56.2 Å². The van der Waals surface area contributed by atoms with Gasteiger partial charge in [0.25, 0.3) is 0 Å². The van der Waals surface area contributed by atoms with Crippen LogP contribution >= 0.6 is 0 Å². The largest absolute Gasteiger partial charge is 0.440 e. The van der Waals surface area contributed by atoms with Gasteiger partial charge in [-0.25, -0.2) is 14.5 Å². The van der Waals surface area contributed by atoms with Gasteiger partial charge in [0.05, 0.1) is 5.52 Å². The Morgan fingerprint density at radius 2 is 1.91 bits per heavy atom. The Morgan fingerprint density at radius 3 is 2.72 bits per heavy atom. The van der Waals surface area contributed by atoms with Crippen LogP contribution in [0.3, 0.4) is 0 Å². The molecule has 1 amide bonds. The highest BCUT2D eigenvalue weighted by atomic mass is 16.3. The summed E-state index contributed by atoms with van der Waals surface area (Å²) in [6.07, 6.45) is 0.941. The second-order valence-corrected chi connectivity index (χ2v) is 8.45. The van der Waals surface area contributed by atoms with E-state index in [0.29, 0.717) is 24.4 Å². The fourth-order valence-corrected chi connectivity index (χ4v) is 4.07. The number of nitrogens with zero attached hydrogens (tertiary/aromatic N) is 4. The summed E-state index contributed by atoms with van der Waals surface area (Å²) in [6.45, 7) is 8.10. The first-order valence-electron chi connectivity index (χ1n) is 10.8. The van der Waals surface area contributed by atoms with E-state index in [-0.39, 0.29) is 11.8 Å². The van der Waals surface area contributed by atoms with Crippen molar-refractivity contribution in [2.24, 2.45) is 0 Å². The molecule has 3 heterocycles. The molecule has 7 nitrogen and oxygen atoms in total. The quantitative estimate of drug-likeness (QED) is 0.409. The lowest BCUT2D eigenvalue weighted by Gasteiger charge is -2.11. The molecule has 1 N–H and O–H groups in total. The lowest BCUT2D eigenvalue weighted by atomic mass is 10.1. The highest BCUT2D eigenvalue weighted by Gasteiger charge is 2.15. The van der Waals surface area contributed by atoms with Crippen molar-refractivity contribution in [1.82, 2.24) is 19.6 Å². The van der Waals surface area contributed by atoms with Gasteiger partial charge in [-0.15, -0.1) is 0 Å². The minimum Gasteiger partial charge on any atom is -0.440 e. The molecule has 0 spiro atoms. The molecule has 5 rings (SSSR count). The second kappa shape index (κ2) is 7.75. The summed E-state index contributed by atoms with van der Waals surface area (Å²) in [6, 6.07) is 13.5. The summed E-state index contributed by atoms with van der Waals surface area (Å²) in [7, 11) is 0. The molecule has 0 saturated carbocycles. The molecule has 2 aromatic carbocycles. The number of aryl methyl sites for hydroxylation is 2. The SMILES string of the molecule is Cc1nc2c3ccccc3nn2c(C)c1CCC(=O)Nc1ccc2oc(C(C)C)nc2c1. The predicted molar refractivity (Wildman–Crippen MR) is 125 cm³/mol. The number of oxazole rings is 1. The van der Waals surface area contributed by atoms with Crippen LogP contribution in [0, 0.1) is 13.8 Å².